The summed E-state index contributed by atoms with van der Waals surface area (Å²) in [6.45, 7) is 1.46. The number of hydrazone groups is 1. The molecule has 9 nitrogen and oxygen atoms in total. The summed E-state index contributed by atoms with van der Waals surface area (Å²) in [6.07, 6.45) is 7.95. The zero-order valence-electron chi connectivity index (χ0n) is 17.7. The highest BCUT2D eigenvalue weighted by Crippen LogP contribution is 2.19. The molecule has 0 radical (unpaired) electrons. The van der Waals surface area contributed by atoms with Gasteiger partial charge in [-0.3, -0.25) is 9.78 Å². The van der Waals surface area contributed by atoms with Crippen LogP contribution in [-0.2, 0) is 6.54 Å². The third-order valence-corrected chi connectivity index (χ3v) is 4.73. The molecule has 4 aromatic rings. The second kappa shape index (κ2) is 10.5. The molecule has 0 saturated carbocycles. The lowest BCUT2D eigenvalue weighted by Crippen LogP contribution is -2.16. The van der Waals surface area contributed by atoms with Crippen molar-refractivity contribution < 1.29 is 4.74 Å². The quantitative estimate of drug-likeness (QED) is 0.234. The van der Waals surface area contributed by atoms with Crippen LogP contribution < -0.4 is 15.7 Å². The number of ether oxygens (including phenoxy) is 1. The van der Waals surface area contributed by atoms with Crippen LogP contribution >= 0.6 is 0 Å². The maximum Gasteiger partial charge on any atom is 0.270 e. The van der Waals surface area contributed by atoms with E-state index in [0.29, 0.717) is 17.9 Å². The first-order valence-electron chi connectivity index (χ1n) is 10.3. The van der Waals surface area contributed by atoms with E-state index in [1.165, 1.54) is 0 Å². The van der Waals surface area contributed by atoms with Crippen molar-refractivity contribution in [3.8, 4) is 23.1 Å². The minimum Gasteiger partial charge on any atom is -0.494 e. The first kappa shape index (κ1) is 21.5. The van der Waals surface area contributed by atoms with Gasteiger partial charge >= 0.3 is 0 Å². The molecule has 2 aromatic heterocycles. The van der Waals surface area contributed by atoms with Gasteiger partial charge in [0.1, 0.15) is 17.4 Å². The molecule has 0 amide bonds. The zero-order valence-corrected chi connectivity index (χ0v) is 17.7. The Kier molecular flexibility index (Phi) is 6.88. The van der Waals surface area contributed by atoms with Crippen LogP contribution in [0, 0.1) is 11.3 Å². The molecule has 33 heavy (non-hydrogen) atoms. The van der Waals surface area contributed by atoms with E-state index in [-0.39, 0.29) is 11.5 Å². The Morgan fingerprint density at radius 2 is 2.00 bits per heavy atom. The van der Waals surface area contributed by atoms with Gasteiger partial charge in [-0.15, -0.1) is 0 Å². The van der Waals surface area contributed by atoms with E-state index >= 15 is 0 Å². The van der Waals surface area contributed by atoms with Crippen molar-refractivity contribution in [2.24, 2.45) is 5.10 Å². The summed E-state index contributed by atoms with van der Waals surface area (Å²) in [6, 6.07) is 18.5. The second-order valence-electron chi connectivity index (χ2n) is 7.06. The Hall–Kier alpha value is -4.71. The van der Waals surface area contributed by atoms with E-state index in [4.69, 9.17) is 4.74 Å². The van der Waals surface area contributed by atoms with E-state index in [1.54, 1.807) is 30.9 Å². The number of benzene rings is 2. The number of hydrogen-bond donors (Lipinski definition) is 2. The number of rotatable bonds is 9. The highest BCUT2D eigenvalue weighted by atomic mass is 16.5. The Morgan fingerprint density at radius 1 is 1.18 bits per heavy atom. The largest absolute Gasteiger partial charge is 0.494 e. The molecule has 0 saturated heterocycles. The predicted octanol–water partition coefficient (Wildman–Crippen LogP) is 3.42. The van der Waals surface area contributed by atoms with Crippen molar-refractivity contribution >= 4 is 12.2 Å². The molecule has 0 aliphatic carbocycles. The molecule has 0 aliphatic heterocycles. The van der Waals surface area contributed by atoms with Gasteiger partial charge < -0.3 is 9.30 Å². The van der Waals surface area contributed by atoms with Gasteiger partial charge in [0.05, 0.1) is 24.8 Å². The van der Waals surface area contributed by atoms with E-state index in [9.17, 15) is 10.1 Å². The van der Waals surface area contributed by atoms with Crippen LogP contribution in [0.25, 0.3) is 11.3 Å². The fraction of sp³-hybridized carbons (Fsp3) is 0.125. The molecule has 2 heterocycles. The molecule has 0 aliphatic rings. The first-order chi connectivity index (χ1) is 16.2. The number of aromatic nitrogens is 4. The third-order valence-electron chi connectivity index (χ3n) is 4.73. The number of nitrogens with zero attached hydrogens (tertiary/aromatic N) is 5. The lowest BCUT2D eigenvalue weighted by atomic mass is 10.1. The van der Waals surface area contributed by atoms with Gasteiger partial charge in [0.15, 0.2) is 0 Å². The van der Waals surface area contributed by atoms with E-state index < -0.39 is 5.56 Å². The van der Waals surface area contributed by atoms with Gasteiger partial charge in [-0.05, 0) is 36.2 Å². The number of anilines is 1. The van der Waals surface area contributed by atoms with Gasteiger partial charge in [0, 0.05) is 24.5 Å². The van der Waals surface area contributed by atoms with E-state index in [1.807, 2.05) is 59.3 Å². The monoisotopic (exact) mass is 439 g/mol. The maximum absolute atomic E-state index is 12.3. The van der Waals surface area contributed by atoms with Gasteiger partial charge in [-0.25, -0.2) is 15.4 Å². The fourth-order valence-electron chi connectivity index (χ4n) is 3.11. The molecule has 2 N–H and O–H groups in total. The molecule has 164 valence electrons. The highest BCUT2D eigenvalue weighted by molar-refractivity contribution is 5.80. The van der Waals surface area contributed by atoms with E-state index in [0.717, 1.165) is 24.3 Å². The van der Waals surface area contributed by atoms with Crippen molar-refractivity contribution in [2.75, 3.05) is 12.0 Å². The summed E-state index contributed by atoms with van der Waals surface area (Å²) >= 11 is 0. The van der Waals surface area contributed by atoms with Crippen molar-refractivity contribution in [3.05, 3.63) is 94.8 Å². The molecule has 0 fully saturated rings. The minimum absolute atomic E-state index is 0.0451. The number of H-pyrrole nitrogens is 1. The first-order valence-corrected chi connectivity index (χ1v) is 10.3. The van der Waals surface area contributed by atoms with Crippen LogP contribution in [0.15, 0.2) is 83.2 Å². The average molecular weight is 439 g/mol. The Labute approximate surface area is 190 Å². The molecule has 0 spiro atoms. The van der Waals surface area contributed by atoms with Crippen molar-refractivity contribution in [3.63, 3.8) is 0 Å². The molecule has 0 bridgehead atoms. The lowest BCUT2D eigenvalue weighted by molar-refractivity contribution is 0.302. The predicted molar refractivity (Wildman–Crippen MR) is 125 cm³/mol. The number of nitriles is 1. The Morgan fingerprint density at radius 3 is 2.73 bits per heavy atom. The number of nitrogens with one attached hydrogen (secondary N) is 2. The normalized spacial score (nSPS) is 10.8. The second-order valence-corrected chi connectivity index (χ2v) is 7.06. The summed E-state index contributed by atoms with van der Waals surface area (Å²) in [4.78, 5) is 23.2. The fourth-order valence-corrected chi connectivity index (χ4v) is 3.11. The average Bonchev–Trinajstić information content (AvgIpc) is 3.37. The molecule has 9 heteroatoms. The van der Waals surface area contributed by atoms with E-state index in [2.05, 4.69) is 25.5 Å². The summed E-state index contributed by atoms with van der Waals surface area (Å²) in [7, 11) is 0. The highest BCUT2D eigenvalue weighted by Gasteiger charge is 2.12. The number of aromatic amines is 1. The smallest absolute Gasteiger partial charge is 0.270 e. The zero-order chi connectivity index (χ0) is 22.9. The topological polar surface area (TPSA) is 121 Å². The van der Waals surface area contributed by atoms with Gasteiger partial charge in [0.25, 0.3) is 5.56 Å². The Bertz CT molecular complexity index is 1310. The summed E-state index contributed by atoms with van der Waals surface area (Å²) < 4.78 is 7.76. The SMILES string of the molecule is N#Cc1c(-c2ccccc2)nc(NN=Cc2ccc(OCCCn3ccnc3)cc2)[nH]c1=O. The van der Waals surface area contributed by atoms with Crippen LogP contribution in [0.5, 0.6) is 5.75 Å². The van der Waals surface area contributed by atoms with Gasteiger partial charge in [-0.1, -0.05) is 30.3 Å². The molecule has 0 unspecified atom stereocenters. The maximum atomic E-state index is 12.3. The molecular weight excluding hydrogens is 418 g/mol. The number of aryl methyl sites for hydroxylation is 1. The molecule has 4 rings (SSSR count). The molecular formula is C24H21N7O2. The summed E-state index contributed by atoms with van der Waals surface area (Å²) in [5.41, 5.74) is 3.96. The van der Waals surface area contributed by atoms with Crippen molar-refractivity contribution in [1.82, 2.24) is 19.5 Å². The van der Waals surface area contributed by atoms with Crippen molar-refractivity contribution in [1.29, 1.82) is 5.26 Å². The van der Waals surface area contributed by atoms with Crippen LogP contribution in [0.1, 0.15) is 17.5 Å². The van der Waals surface area contributed by atoms with Gasteiger partial charge in [0.2, 0.25) is 5.95 Å². The molecule has 2 aromatic carbocycles. The van der Waals surface area contributed by atoms with Crippen LogP contribution in [-0.4, -0.2) is 32.3 Å². The third kappa shape index (κ3) is 5.71. The van der Waals surface area contributed by atoms with Crippen LogP contribution in [0.2, 0.25) is 0 Å². The summed E-state index contributed by atoms with van der Waals surface area (Å²) in [5.74, 6) is 0.920. The minimum atomic E-state index is -0.529. The Balaban J connectivity index is 1.35. The lowest BCUT2D eigenvalue weighted by Gasteiger charge is -2.07. The van der Waals surface area contributed by atoms with Crippen LogP contribution in [0.4, 0.5) is 5.95 Å². The summed E-state index contributed by atoms with van der Waals surface area (Å²) in [5, 5.41) is 13.5. The van der Waals surface area contributed by atoms with Crippen LogP contribution in [0.3, 0.4) is 0 Å². The molecule has 0 atom stereocenters. The van der Waals surface area contributed by atoms with Crippen molar-refractivity contribution in [2.45, 2.75) is 13.0 Å². The standard InChI is InChI=1S/C24H21N7O2/c25-15-21-22(19-5-2-1-3-6-19)28-24(29-23(21)32)30-27-16-18-7-9-20(10-8-18)33-14-4-12-31-13-11-26-17-31/h1-3,5-11,13,16-17H,4,12,14H2,(H2,28,29,30,32). The number of hydrogen-bond acceptors (Lipinski definition) is 7. The van der Waals surface area contributed by atoms with Gasteiger partial charge in [-0.2, -0.15) is 10.4 Å². The number of imidazole rings is 1.